The third-order valence-corrected chi connectivity index (χ3v) is 15.1. The minimum atomic E-state index is -3.23. The van der Waals surface area contributed by atoms with E-state index in [2.05, 4.69) is 52.0 Å². The van der Waals surface area contributed by atoms with E-state index in [1.807, 2.05) is 100 Å². The Morgan fingerprint density at radius 2 is 0.548 bits per heavy atom. The molecule has 5 rings (SSSR count). The van der Waals surface area contributed by atoms with Crippen molar-refractivity contribution in [2.75, 3.05) is 0 Å². The minimum Gasteiger partial charge on any atom is -0.309 e. The van der Waals surface area contributed by atoms with Crippen LogP contribution in [0.4, 0.5) is 0 Å². The van der Waals surface area contributed by atoms with Gasteiger partial charge in [-0.15, -0.1) is 0 Å². The van der Waals surface area contributed by atoms with Gasteiger partial charge < -0.3 is 9.13 Å². The molecule has 0 bridgehead atoms. The lowest BCUT2D eigenvalue weighted by atomic mass is 10.1. The lowest BCUT2D eigenvalue weighted by Gasteiger charge is -2.26. The molecule has 42 heavy (non-hydrogen) atoms. The highest BCUT2D eigenvalue weighted by Crippen LogP contribution is 2.47. The van der Waals surface area contributed by atoms with E-state index < -0.39 is 14.3 Å². The van der Waals surface area contributed by atoms with Crippen molar-refractivity contribution in [1.82, 2.24) is 0 Å². The average Bonchev–Trinajstić information content (AvgIpc) is 2.92. The largest absolute Gasteiger partial charge is 0.309 e. The standard InChI is InChI=1S/C38H40O2P2/c1-25-9-17-35(29(5)21-25)41(39,36-18-10-26(2)22-30(36)6)33-13-15-34(16-14-33)42(40,37-19-11-27(3)23-31(37)7)38-20-12-28(4)24-32(38)8/h9-24H,1-8H3. The maximum absolute atomic E-state index is 15.5. The highest BCUT2D eigenvalue weighted by molar-refractivity contribution is 7.86. The Balaban J connectivity index is 1.76. The molecule has 5 aromatic carbocycles. The van der Waals surface area contributed by atoms with Crippen LogP contribution in [0.15, 0.2) is 97.1 Å². The third-order valence-electron chi connectivity index (χ3n) is 8.34. The number of hydrogen-bond donors (Lipinski definition) is 0. The summed E-state index contributed by atoms with van der Waals surface area (Å²) in [5.74, 6) is 0. The fourth-order valence-electron chi connectivity index (χ4n) is 6.32. The molecule has 0 amide bonds. The summed E-state index contributed by atoms with van der Waals surface area (Å²) in [7, 11) is -6.46. The van der Waals surface area contributed by atoms with Gasteiger partial charge in [-0.2, -0.15) is 0 Å². The highest BCUT2D eigenvalue weighted by atomic mass is 31.2. The Bertz CT molecular complexity index is 1660. The zero-order chi connectivity index (χ0) is 30.4. The van der Waals surface area contributed by atoms with Crippen LogP contribution in [0.1, 0.15) is 44.5 Å². The normalized spacial score (nSPS) is 12.0. The maximum atomic E-state index is 15.5. The van der Waals surface area contributed by atoms with Crippen LogP contribution in [0.2, 0.25) is 0 Å². The first-order valence-electron chi connectivity index (χ1n) is 14.5. The molecule has 0 saturated heterocycles. The van der Waals surface area contributed by atoms with Crippen molar-refractivity contribution < 1.29 is 9.13 Å². The second-order valence-corrected chi connectivity index (χ2v) is 17.3. The predicted molar refractivity (Wildman–Crippen MR) is 183 cm³/mol. The first-order valence-corrected chi connectivity index (χ1v) is 17.9. The summed E-state index contributed by atoms with van der Waals surface area (Å²) >= 11 is 0. The molecular weight excluding hydrogens is 550 g/mol. The topological polar surface area (TPSA) is 34.1 Å². The van der Waals surface area contributed by atoms with Gasteiger partial charge in [-0.3, -0.25) is 0 Å². The first kappa shape index (κ1) is 30.0. The summed E-state index contributed by atoms with van der Waals surface area (Å²) in [6, 6.07) is 32.5. The van der Waals surface area contributed by atoms with E-state index in [9.17, 15) is 0 Å². The lowest BCUT2D eigenvalue weighted by molar-refractivity contribution is 0.591. The van der Waals surface area contributed by atoms with Gasteiger partial charge in [-0.1, -0.05) is 119 Å². The van der Waals surface area contributed by atoms with Gasteiger partial charge in [0.25, 0.3) is 0 Å². The van der Waals surface area contributed by atoms with Crippen LogP contribution in [-0.4, -0.2) is 0 Å². The van der Waals surface area contributed by atoms with E-state index in [4.69, 9.17) is 0 Å². The van der Waals surface area contributed by atoms with Crippen LogP contribution in [0.3, 0.4) is 0 Å². The molecule has 5 aromatic rings. The molecule has 0 aliphatic heterocycles. The van der Waals surface area contributed by atoms with Crippen molar-refractivity contribution in [3.8, 4) is 0 Å². The van der Waals surface area contributed by atoms with Gasteiger partial charge in [-0.25, -0.2) is 0 Å². The van der Waals surface area contributed by atoms with Crippen LogP contribution in [0.25, 0.3) is 0 Å². The second-order valence-electron chi connectivity index (χ2n) is 11.9. The predicted octanol–water partition coefficient (Wildman–Crippen LogP) is 7.43. The molecule has 2 nitrogen and oxygen atoms in total. The summed E-state index contributed by atoms with van der Waals surface area (Å²) in [6.45, 7) is 16.4. The van der Waals surface area contributed by atoms with Gasteiger partial charge in [0.15, 0.2) is 14.3 Å². The summed E-state index contributed by atoms with van der Waals surface area (Å²) in [4.78, 5) is 0. The smallest absolute Gasteiger partial charge is 0.171 e. The SMILES string of the molecule is Cc1ccc(P(=O)(c2ccc(P(=O)(c3ccc(C)cc3C)c3ccc(C)cc3C)cc2)c2ccc(C)cc2C)c(C)c1. The van der Waals surface area contributed by atoms with E-state index >= 15 is 9.13 Å². The van der Waals surface area contributed by atoms with Crippen LogP contribution in [0.5, 0.6) is 0 Å². The summed E-state index contributed by atoms with van der Waals surface area (Å²) < 4.78 is 31.0. The molecule has 0 aliphatic rings. The minimum absolute atomic E-state index is 0.748. The number of rotatable bonds is 6. The van der Waals surface area contributed by atoms with Gasteiger partial charge in [0, 0.05) is 31.8 Å². The zero-order valence-electron chi connectivity index (χ0n) is 25.9. The average molecular weight is 591 g/mol. The fraction of sp³-hybridized carbons (Fsp3) is 0.211. The molecule has 0 radical (unpaired) electrons. The van der Waals surface area contributed by atoms with Crippen molar-refractivity contribution in [2.45, 2.75) is 55.4 Å². The van der Waals surface area contributed by atoms with Crippen molar-refractivity contribution in [1.29, 1.82) is 0 Å². The molecule has 0 heterocycles. The molecular formula is C38H40O2P2. The molecule has 0 unspecified atom stereocenters. The molecule has 0 N–H and O–H groups in total. The molecule has 214 valence electrons. The first-order chi connectivity index (χ1) is 19.8. The Kier molecular flexibility index (Phi) is 8.10. The fourth-order valence-corrected chi connectivity index (χ4v) is 12.5. The van der Waals surface area contributed by atoms with Crippen molar-refractivity contribution >= 4 is 46.1 Å². The van der Waals surface area contributed by atoms with E-state index in [1.165, 1.54) is 0 Å². The molecule has 4 heteroatoms. The second kappa shape index (κ2) is 11.3. The zero-order valence-corrected chi connectivity index (χ0v) is 27.7. The van der Waals surface area contributed by atoms with Gasteiger partial charge in [0.05, 0.1) is 0 Å². The summed E-state index contributed by atoms with van der Waals surface area (Å²) in [5, 5.41) is 4.88. The number of benzene rings is 5. The Morgan fingerprint density at radius 3 is 0.738 bits per heavy atom. The molecule has 0 spiro atoms. The van der Waals surface area contributed by atoms with Gasteiger partial charge in [0.1, 0.15) is 0 Å². The summed E-state index contributed by atoms with van der Waals surface area (Å²) in [6.07, 6.45) is 0. The van der Waals surface area contributed by atoms with Crippen molar-refractivity contribution in [3.63, 3.8) is 0 Å². The number of aryl methyl sites for hydroxylation is 8. The number of hydrogen-bond acceptors (Lipinski definition) is 2. The molecule has 0 aromatic heterocycles. The van der Waals surface area contributed by atoms with E-state index in [0.29, 0.717) is 0 Å². The van der Waals surface area contributed by atoms with E-state index in [0.717, 1.165) is 76.3 Å². The van der Waals surface area contributed by atoms with E-state index in [1.54, 1.807) is 0 Å². The Hall–Kier alpha value is -3.44. The van der Waals surface area contributed by atoms with Gasteiger partial charge >= 0.3 is 0 Å². The molecule has 0 aliphatic carbocycles. The van der Waals surface area contributed by atoms with Crippen molar-refractivity contribution in [3.05, 3.63) is 142 Å². The lowest BCUT2D eigenvalue weighted by Crippen LogP contribution is -2.31. The maximum Gasteiger partial charge on any atom is 0.171 e. The molecule has 0 fully saturated rings. The molecule has 0 saturated carbocycles. The Labute approximate surface area is 251 Å². The van der Waals surface area contributed by atoms with Crippen LogP contribution in [-0.2, 0) is 9.13 Å². The van der Waals surface area contributed by atoms with Crippen LogP contribution < -0.4 is 31.8 Å². The summed E-state index contributed by atoms with van der Waals surface area (Å²) in [5.41, 5.74) is 8.61. The van der Waals surface area contributed by atoms with E-state index in [-0.39, 0.29) is 0 Å². The highest BCUT2D eigenvalue weighted by Gasteiger charge is 2.36. The quantitative estimate of drug-likeness (QED) is 0.193. The van der Waals surface area contributed by atoms with Crippen LogP contribution in [0, 0.1) is 55.4 Å². The van der Waals surface area contributed by atoms with Crippen LogP contribution >= 0.6 is 14.3 Å². The van der Waals surface area contributed by atoms with Crippen molar-refractivity contribution in [2.24, 2.45) is 0 Å². The van der Waals surface area contributed by atoms with Gasteiger partial charge in [0.2, 0.25) is 0 Å². The Morgan fingerprint density at radius 1 is 0.333 bits per heavy atom. The monoisotopic (exact) mass is 590 g/mol. The third kappa shape index (κ3) is 5.17. The van der Waals surface area contributed by atoms with Gasteiger partial charge in [-0.05, 0) is 77.6 Å². The molecule has 0 atom stereocenters.